The second-order valence-electron chi connectivity index (χ2n) is 6.84. The van der Waals surface area contributed by atoms with Crippen molar-refractivity contribution in [3.05, 3.63) is 0 Å². The Morgan fingerprint density at radius 1 is 1.06 bits per heavy atom. The van der Waals surface area contributed by atoms with E-state index in [0.717, 1.165) is 0 Å². The first-order valence-corrected chi connectivity index (χ1v) is 13.2. The van der Waals surface area contributed by atoms with Gasteiger partial charge in [0.25, 0.3) is 8.32 Å². The first kappa shape index (κ1) is 17.4. The molecule has 0 aromatic rings. The van der Waals surface area contributed by atoms with Crippen LogP contribution in [0.15, 0.2) is 5.16 Å². The molecule has 0 amide bonds. The maximum atomic E-state index is 12.0. The van der Waals surface area contributed by atoms with E-state index in [2.05, 4.69) is 5.16 Å². The van der Waals surface area contributed by atoms with Gasteiger partial charge in [-0.25, -0.2) is 4.79 Å². The second-order valence-corrected chi connectivity index (χ2v) is 15.7. The minimum absolute atomic E-state index is 0.318. The monoisotopic (exact) mass is 289 g/mol. The summed E-state index contributed by atoms with van der Waals surface area (Å²) in [5, 5.41) is 4.05. The van der Waals surface area contributed by atoms with E-state index in [1.165, 1.54) is 0 Å². The number of carbonyl (C=O) groups excluding carboxylic acids is 1. The van der Waals surface area contributed by atoms with Crippen LogP contribution in [0.4, 0.5) is 0 Å². The zero-order valence-electron chi connectivity index (χ0n) is 13.0. The lowest BCUT2D eigenvalue weighted by atomic mass is 10.1. The van der Waals surface area contributed by atoms with E-state index in [0.29, 0.717) is 18.1 Å². The molecule has 0 heterocycles. The van der Waals surface area contributed by atoms with Gasteiger partial charge >= 0.3 is 5.97 Å². The molecule has 4 nitrogen and oxygen atoms in total. The predicted molar refractivity (Wildman–Crippen MR) is 80.8 cm³/mol. The van der Waals surface area contributed by atoms with E-state index in [1.807, 2.05) is 53.1 Å². The van der Waals surface area contributed by atoms with Crippen LogP contribution in [0.25, 0.3) is 0 Å². The summed E-state index contributed by atoms with van der Waals surface area (Å²) in [5.74, 6) is 0.0317. The molecule has 0 unspecified atom stereocenters. The summed E-state index contributed by atoms with van der Waals surface area (Å²) in [6.07, 6.45) is 0.591. The van der Waals surface area contributed by atoms with Gasteiger partial charge in [0.2, 0.25) is 8.32 Å². The summed E-state index contributed by atoms with van der Waals surface area (Å²) in [4.78, 5) is 12.0. The molecule has 0 aliphatic carbocycles. The molecule has 0 saturated heterocycles. The van der Waals surface area contributed by atoms with Crippen molar-refractivity contribution in [2.75, 3.05) is 0 Å². The van der Waals surface area contributed by atoms with Gasteiger partial charge in [-0.15, -0.1) is 0 Å². The van der Waals surface area contributed by atoms with Crippen LogP contribution in [-0.4, -0.2) is 28.3 Å². The molecular weight excluding hydrogens is 262 g/mol. The van der Waals surface area contributed by atoms with Crippen LogP contribution in [0.3, 0.4) is 0 Å². The summed E-state index contributed by atoms with van der Waals surface area (Å²) in [6, 6.07) is 0. The predicted octanol–water partition coefficient (Wildman–Crippen LogP) is 3.62. The van der Waals surface area contributed by atoms with Crippen LogP contribution in [0.1, 0.15) is 20.3 Å². The fraction of sp³-hybridized carbons (Fsp3) is 0.833. The van der Waals surface area contributed by atoms with E-state index in [-0.39, 0.29) is 5.97 Å². The van der Waals surface area contributed by atoms with Crippen LogP contribution < -0.4 is 0 Å². The summed E-state index contributed by atoms with van der Waals surface area (Å²) in [6.45, 7) is 16.2. The number of oxime groups is 1. The topological polar surface area (TPSA) is 47.9 Å². The SMILES string of the molecule is CC(C)C/C(=N\O[Si](C)(C)C)C(=O)O[Si](C)(C)C. The minimum atomic E-state index is -1.88. The highest BCUT2D eigenvalue weighted by Gasteiger charge is 2.25. The third-order valence-electron chi connectivity index (χ3n) is 1.67. The van der Waals surface area contributed by atoms with Crippen molar-refractivity contribution in [2.45, 2.75) is 59.6 Å². The lowest BCUT2D eigenvalue weighted by Gasteiger charge is -2.20. The summed E-state index contributed by atoms with van der Waals surface area (Å²) < 4.78 is 10.9. The zero-order chi connectivity index (χ0) is 14.6. The van der Waals surface area contributed by atoms with Crippen molar-refractivity contribution in [3.8, 4) is 0 Å². The van der Waals surface area contributed by atoms with Gasteiger partial charge in [-0.05, 0) is 45.2 Å². The lowest BCUT2D eigenvalue weighted by molar-refractivity contribution is -0.127. The summed E-state index contributed by atoms with van der Waals surface area (Å²) in [7, 11) is -3.64. The number of hydrogen-bond donors (Lipinski definition) is 0. The van der Waals surface area contributed by atoms with Crippen LogP contribution in [0.2, 0.25) is 39.3 Å². The van der Waals surface area contributed by atoms with Gasteiger partial charge in [0.1, 0.15) is 0 Å². The fourth-order valence-electron chi connectivity index (χ4n) is 1.07. The molecule has 18 heavy (non-hydrogen) atoms. The Bertz CT molecular complexity index is 314. The highest BCUT2D eigenvalue weighted by Crippen LogP contribution is 2.11. The molecule has 6 heteroatoms. The van der Waals surface area contributed by atoms with Crippen LogP contribution in [-0.2, 0) is 13.7 Å². The molecule has 0 fully saturated rings. The van der Waals surface area contributed by atoms with Gasteiger partial charge in [0.15, 0.2) is 5.71 Å². The Morgan fingerprint density at radius 2 is 1.56 bits per heavy atom. The smallest absolute Gasteiger partial charge is 0.342 e. The Morgan fingerprint density at radius 3 is 1.89 bits per heavy atom. The second kappa shape index (κ2) is 6.51. The maximum Gasteiger partial charge on any atom is 0.342 e. The van der Waals surface area contributed by atoms with Crippen molar-refractivity contribution in [2.24, 2.45) is 11.1 Å². The van der Waals surface area contributed by atoms with Gasteiger partial charge in [-0.3, -0.25) is 0 Å². The van der Waals surface area contributed by atoms with Crippen molar-refractivity contribution in [1.82, 2.24) is 0 Å². The fourth-order valence-corrected chi connectivity index (χ4v) is 2.13. The normalized spacial score (nSPS) is 13.7. The molecule has 0 aromatic carbocycles. The van der Waals surface area contributed by atoms with E-state index >= 15 is 0 Å². The van der Waals surface area contributed by atoms with Crippen molar-refractivity contribution < 1.29 is 13.7 Å². The van der Waals surface area contributed by atoms with Crippen LogP contribution in [0, 0.1) is 5.92 Å². The first-order chi connectivity index (χ1) is 7.91. The van der Waals surface area contributed by atoms with Gasteiger partial charge in [0.05, 0.1) is 0 Å². The molecule has 0 atom stereocenters. The van der Waals surface area contributed by atoms with Crippen molar-refractivity contribution in [1.29, 1.82) is 0 Å². The van der Waals surface area contributed by atoms with E-state index < -0.39 is 16.6 Å². The molecule has 106 valence electrons. The Kier molecular flexibility index (Phi) is 6.29. The third-order valence-corrected chi connectivity index (χ3v) is 3.10. The Hall–Kier alpha value is -0.626. The van der Waals surface area contributed by atoms with E-state index in [1.54, 1.807) is 0 Å². The molecule has 0 radical (unpaired) electrons. The minimum Gasteiger partial charge on any atom is -0.515 e. The number of hydrogen-bond acceptors (Lipinski definition) is 4. The Labute approximate surface area is 113 Å². The van der Waals surface area contributed by atoms with Gasteiger partial charge in [0, 0.05) is 6.42 Å². The molecule has 0 N–H and O–H groups in total. The highest BCUT2D eigenvalue weighted by atomic mass is 28.4. The Balaban J connectivity index is 4.83. The molecule has 0 rings (SSSR count). The first-order valence-electron chi connectivity index (χ1n) is 6.39. The molecular formula is C12H27NO3Si2. The standard InChI is InChI=1S/C12H27NO3Si2/c1-10(2)9-11(13-16-18(6,7)8)12(14)15-17(3,4)5/h10H,9H2,1-8H3/b13-11+. The summed E-state index contributed by atoms with van der Waals surface area (Å²) >= 11 is 0. The maximum absolute atomic E-state index is 12.0. The largest absolute Gasteiger partial charge is 0.515 e. The quantitative estimate of drug-likeness (QED) is 0.426. The number of nitrogens with zero attached hydrogens (tertiary/aromatic N) is 1. The van der Waals surface area contributed by atoms with Gasteiger partial charge < -0.3 is 8.95 Å². The van der Waals surface area contributed by atoms with Crippen molar-refractivity contribution in [3.63, 3.8) is 0 Å². The molecule has 0 spiro atoms. The highest BCUT2D eigenvalue weighted by molar-refractivity contribution is 6.72. The molecule has 0 bridgehead atoms. The van der Waals surface area contributed by atoms with Crippen LogP contribution >= 0.6 is 0 Å². The zero-order valence-corrected chi connectivity index (χ0v) is 15.0. The van der Waals surface area contributed by atoms with Gasteiger partial charge in [-0.2, -0.15) is 0 Å². The van der Waals surface area contributed by atoms with E-state index in [4.69, 9.17) is 8.95 Å². The number of rotatable bonds is 6. The molecule has 0 aliphatic heterocycles. The van der Waals surface area contributed by atoms with E-state index in [9.17, 15) is 4.79 Å². The van der Waals surface area contributed by atoms with Crippen LogP contribution in [0.5, 0.6) is 0 Å². The summed E-state index contributed by atoms with van der Waals surface area (Å²) in [5.41, 5.74) is 0.412. The molecule has 0 aromatic heterocycles. The number of carbonyl (C=O) groups is 1. The van der Waals surface area contributed by atoms with Crippen molar-refractivity contribution >= 4 is 28.3 Å². The average molecular weight is 290 g/mol. The molecule has 0 aliphatic rings. The molecule has 0 saturated carbocycles. The average Bonchev–Trinajstić information content (AvgIpc) is 2.06. The third kappa shape index (κ3) is 9.41. The lowest BCUT2D eigenvalue weighted by Crippen LogP contribution is -2.34. The van der Waals surface area contributed by atoms with Gasteiger partial charge in [-0.1, -0.05) is 19.0 Å².